The van der Waals surface area contributed by atoms with Crippen molar-refractivity contribution in [2.24, 2.45) is 5.41 Å². The van der Waals surface area contributed by atoms with Crippen LogP contribution in [-0.4, -0.2) is 0 Å². The fourth-order valence-corrected chi connectivity index (χ4v) is 0.125. The summed E-state index contributed by atoms with van der Waals surface area (Å²) in [5.41, 5.74) is 0.222. The van der Waals surface area contributed by atoms with E-state index in [2.05, 4.69) is 33.4 Å². The molecule has 0 saturated heterocycles. The zero-order valence-corrected chi connectivity index (χ0v) is 5.41. The van der Waals surface area contributed by atoms with Gasteiger partial charge in [0.15, 0.2) is 5.41 Å². The largest absolute Gasteiger partial charge is 0.220 e. The highest BCUT2D eigenvalue weighted by Gasteiger charge is 2.22. The summed E-state index contributed by atoms with van der Waals surface area (Å²) in [5.74, 6) is 0. The van der Waals surface area contributed by atoms with Gasteiger partial charge >= 0.3 is 0 Å². The highest BCUT2D eigenvalue weighted by Crippen LogP contribution is 2.18. The maximum Gasteiger partial charge on any atom is 0.220 e. The van der Waals surface area contributed by atoms with Crippen molar-refractivity contribution < 1.29 is 0 Å². The number of allylic oxidation sites excluding steroid dienone is 1. The van der Waals surface area contributed by atoms with Crippen LogP contribution in [0.5, 0.6) is 0 Å². The minimum atomic E-state index is 0.222. The summed E-state index contributed by atoms with van der Waals surface area (Å²) in [6, 6.07) is 0. The van der Waals surface area contributed by atoms with Gasteiger partial charge in [0.1, 0.15) is 6.58 Å². The Bertz CT molecular complexity index is 60.4. The first-order valence-corrected chi connectivity index (χ1v) is 2.66. The van der Waals surface area contributed by atoms with Crippen molar-refractivity contribution in [1.82, 2.24) is 0 Å². The molecule has 0 heterocycles. The first kappa shape index (κ1) is 6.65. The predicted molar refractivity (Wildman–Crippen MR) is 32.9 cm³/mol. The SMILES string of the molecule is C=[C+]C(C)(C)CC. The summed E-state index contributed by atoms with van der Waals surface area (Å²) in [4.78, 5) is 0. The maximum absolute atomic E-state index is 3.58. The van der Waals surface area contributed by atoms with E-state index in [1.54, 1.807) is 0 Å². The molecule has 0 atom stereocenters. The number of rotatable bonds is 2. The van der Waals surface area contributed by atoms with Crippen LogP contribution in [0.15, 0.2) is 6.58 Å². The minimum absolute atomic E-state index is 0.222. The molecule has 0 radical (unpaired) electrons. The predicted octanol–water partition coefficient (Wildman–Crippen LogP) is 2.41. The zero-order valence-electron chi connectivity index (χ0n) is 5.41. The summed E-state index contributed by atoms with van der Waals surface area (Å²) in [6.45, 7) is 9.97. The second-order valence-corrected chi connectivity index (χ2v) is 2.41. The highest BCUT2D eigenvalue weighted by molar-refractivity contribution is 4.77. The van der Waals surface area contributed by atoms with Crippen LogP contribution in [0.4, 0.5) is 0 Å². The molecule has 0 aromatic rings. The summed E-state index contributed by atoms with van der Waals surface area (Å²) in [5, 5.41) is 0. The first-order chi connectivity index (χ1) is 3.12. The fraction of sp³-hybridized carbons (Fsp3) is 0.714. The Morgan fingerprint density at radius 2 is 2.00 bits per heavy atom. The van der Waals surface area contributed by atoms with Gasteiger partial charge in [0.2, 0.25) is 6.08 Å². The quantitative estimate of drug-likeness (QED) is 0.464. The van der Waals surface area contributed by atoms with Crippen molar-refractivity contribution in [3.8, 4) is 0 Å². The molecule has 0 bridgehead atoms. The third kappa shape index (κ3) is 2.36. The van der Waals surface area contributed by atoms with E-state index in [-0.39, 0.29) is 5.41 Å². The Morgan fingerprint density at radius 1 is 1.57 bits per heavy atom. The molecular formula is C7H13+. The van der Waals surface area contributed by atoms with Crippen LogP contribution >= 0.6 is 0 Å². The lowest BCUT2D eigenvalue weighted by Gasteiger charge is -2.00. The topological polar surface area (TPSA) is 0 Å². The maximum atomic E-state index is 3.58. The zero-order chi connectivity index (χ0) is 5.91. The smallest absolute Gasteiger partial charge is 0.0602 e. The normalized spacial score (nSPS) is 10.7. The molecule has 0 rings (SSSR count). The minimum Gasteiger partial charge on any atom is -0.0602 e. The van der Waals surface area contributed by atoms with E-state index in [0.717, 1.165) is 6.42 Å². The third-order valence-corrected chi connectivity index (χ3v) is 1.36. The second-order valence-electron chi connectivity index (χ2n) is 2.41. The molecule has 0 saturated carbocycles. The Balaban J connectivity index is 3.58. The van der Waals surface area contributed by atoms with Crippen molar-refractivity contribution in [2.75, 3.05) is 0 Å². The number of hydrogen-bond donors (Lipinski definition) is 0. The molecular weight excluding hydrogens is 84.1 g/mol. The first-order valence-electron chi connectivity index (χ1n) is 2.66. The highest BCUT2D eigenvalue weighted by atomic mass is 14.1. The molecule has 0 spiro atoms. The van der Waals surface area contributed by atoms with E-state index in [9.17, 15) is 0 Å². The third-order valence-electron chi connectivity index (χ3n) is 1.36. The lowest BCUT2D eigenvalue weighted by atomic mass is 9.91. The van der Waals surface area contributed by atoms with Crippen molar-refractivity contribution in [3.05, 3.63) is 12.7 Å². The van der Waals surface area contributed by atoms with Gasteiger partial charge in [0.25, 0.3) is 0 Å². The summed E-state index contributed by atoms with van der Waals surface area (Å²) >= 11 is 0. The molecule has 0 N–H and O–H groups in total. The van der Waals surface area contributed by atoms with Gasteiger partial charge in [0.05, 0.1) is 0 Å². The van der Waals surface area contributed by atoms with Gasteiger partial charge in [-0.1, -0.05) is 6.92 Å². The molecule has 0 aliphatic heterocycles. The van der Waals surface area contributed by atoms with E-state index in [1.807, 2.05) is 0 Å². The van der Waals surface area contributed by atoms with Crippen LogP contribution in [0.2, 0.25) is 0 Å². The Morgan fingerprint density at radius 3 is 2.00 bits per heavy atom. The van der Waals surface area contributed by atoms with Crippen molar-refractivity contribution in [3.63, 3.8) is 0 Å². The molecule has 40 valence electrons. The summed E-state index contributed by atoms with van der Waals surface area (Å²) in [6.07, 6.45) is 4.06. The molecule has 0 heteroatoms. The molecule has 0 unspecified atom stereocenters. The molecule has 0 aliphatic carbocycles. The Hall–Kier alpha value is -0.350. The van der Waals surface area contributed by atoms with E-state index >= 15 is 0 Å². The molecule has 0 aliphatic rings. The summed E-state index contributed by atoms with van der Waals surface area (Å²) in [7, 11) is 0. The van der Waals surface area contributed by atoms with Crippen LogP contribution in [-0.2, 0) is 0 Å². The molecule has 0 fully saturated rings. The fourth-order valence-electron chi connectivity index (χ4n) is 0.125. The number of hydrogen-bond acceptors (Lipinski definition) is 0. The van der Waals surface area contributed by atoms with Crippen molar-refractivity contribution in [2.45, 2.75) is 27.2 Å². The average Bonchev–Trinajstić information content (AvgIpc) is 1.68. The molecule has 0 aromatic carbocycles. The van der Waals surface area contributed by atoms with Crippen molar-refractivity contribution in [1.29, 1.82) is 0 Å². The van der Waals surface area contributed by atoms with E-state index in [0.29, 0.717) is 0 Å². The molecule has 0 aromatic heterocycles. The van der Waals surface area contributed by atoms with Crippen LogP contribution < -0.4 is 0 Å². The molecule has 0 amide bonds. The van der Waals surface area contributed by atoms with Crippen LogP contribution in [0.1, 0.15) is 27.2 Å². The van der Waals surface area contributed by atoms with Gasteiger partial charge in [-0.2, -0.15) is 0 Å². The van der Waals surface area contributed by atoms with Crippen LogP contribution in [0.25, 0.3) is 0 Å². The van der Waals surface area contributed by atoms with Crippen LogP contribution in [0.3, 0.4) is 0 Å². The summed E-state index contributed by atoms with van der Waals surface area (Å²) < 4.78 is 0. The Labute approximate surface area is 46.2 Å². The van der Waals surface area contributed by atoms with Gasteiger partial charge in [-0.15, -0.1) is 0 Å². The van der Waals surface area contributed by atoms with E-state index in [1.165, 1.54) is 0 Å². The lowest BCUT2D eigenvalue weighted by Crippen LogP contribution is -2.03. The standard InChI is InChI=1S/C7H13/c1-5-7(3,4)6-2/h1,6H2,2-4H3/q+1. The van der Waals surface area contributed by atoms with Crippen molar-refractivity contribution >= 4 is 0 Å². The van der Waals surface area contributed by atoms with Gasteiger partial charge in [-0.05, 0) is 20.3 Å². The monoisotopic (exact) mass is 97.1 g/mol. The van der Waals surface area contributed by atoms with E-state index < -0.39 is 0 Å². The van der Waals surface area contributed by atoms with Crippen LogP contribution in [0, 0.1) is 11.5 Å². The lowest BCUT2D eigenvalue weighted by molar-refractivity contribution is 0.447. The Kier molecular flexibility index (Phi) is 1.98. The second kappa shape index (κ2) is 2.09. The molecule has 0 nitrogen and oxygen atoms in total. The van der Waals surface area contributed by atoms with Gasteiger partial charge in [0, 0.05) is 0 Å². The van der Waals surface area contributed by atoms with Gasteiger partial charge in [-0.3, -0.25) is 0 Å². The van der Waals surface area contributed by atoms with E-state index in [4.69, 9.17) is 0 Å². The van der Waals surface area contributed by atoms with Gasteiger partial charge in [-0.25, -0.2) is 0 Å². The molecule has 7 heavy (non-hydrogen) atoms. The average molecular weight is 97.2 g/mol. The van der Waals surface area contributed by atoms with Gasteiger partial charge < -0.3 is 0 Å².